The molecule has 0 aliphatic carbocycles. The van der Waals surface area contributed by atoms with E-state index in [0.717, 1.165) is 41.8 Å². The van der Waals surface area contributed by atoms with Crippen molar-refractivity contribution in [3.05, 3.63) is 28.3 Å². The van der Waals surface area contributed by atoms with Crippen LogP contribution in [-0.2, 0) is 9.59 Å². The third kappa shape index (κ3) is 5.86. The van der Waals surface area contributed by atoms with Crippen LogP contribution in [0.15, 0.2) is 12.1 Å². The minimum absolute atomic E-state index is 0.0191. The average molecular weight is 395 g/mol. The van der Waals surface area contributed by atoms with E-state index in [2.05, 4.69) is 5.32 Å². The molecule has 1 fully saturated rings. The second kappa shape index (κ2) is 9.98. The summed E-state index contributed by atoms with van der Waals surface area (Å²) < 4.78 is 5.67. The molecule has 1 aliphatic heterocycles. The smallest absolute Gasteiger partial charge is 0.260 e. The minimum atomic E-state index is -0.0231. The zero-order valence-electron chi connectivity index (χ0n) is 16.8. The van der Waals surface area contributed by atoms with Gasteiger partial charge in [0, 0.05) is 30.1 Å². The quantitative estimate of drug-likeness (QED) is 0.763. The Bertz CT molecular complexity index is 642. The van der Waals surface area contributed by atoms with E-state index in [4.69, 9.17) is 16.3 Å². The van der Waals surface area contributed by atoms with E-state index in [0.29, 0.717) is 18.8 Å². The minimum Gasteiger partial charge on any atom is -0.484 e. The molecule has 1 N–H and O–H groups in total. The zero-order valence-corrected chi connectivity index (χ0v) is 17.6. The Labute approximate surface area is 167 Å². The Morgan fingerprint density at radius 1 is 1.19 bits per heavy atom. The molecule has 1 saturated heterocycles. The van der Waals surface area contributed by atoms with Crippen molar-refractivity contribution in [2.75, 3.05) is 19.7 Å². The maximum atomic E-state index is 12.4. The topological polar surface area (TPSA) is 58.6 Å². The van der Waals surface area contributed by atoms with Gasteiger partial charge in [0.1, 0.15) is 5.75 Å². The highest BCUT2D eigenvalue weighted by atomic mass is 35.5. The molecule has 0 aromatic heterocycles. The highest BCUT2D eigenvalue weighted by Crippen LogP contribution is 2.26. The van der Waals surface area contributed by atoms with Gasteiger partial charge in [0.25, 0.3) is 5.91 Å². The molecule has 1 aromatic rings. The number of nitrogens with one attached hydrogen (secondary N) is 1. The summed E-state index contributed by atoms with van der Waals surface area (Å²) in [5.74, 6) is 0.867. The third-order valence-electron chi connectivity index (χ3n) is 5.32. The molecule has 1 heterocycles. The van der Waals surface area contributed by atoms with Crippen molar-refractivity contribution in [2.24, 2.45) is 5.92 Å². The second-order valence-electron chi connectivity index (χ2n) is 7.34. The van der Waals surface area contributed by atoms with E-state index in [1.807, 2.05) is 44.7 Å². The standard InChI is InChI=1S/C21H31ClN2O3/c1-5-16(6-2)21(26)23-17-7-9-24(10-8-17)19(25)13-27-18-11-14(3)20(22)15(4)12-18/h11-12,16-17H,5-10,13H2,1-4H3,(H,23,26). The van der Waals surface area contributed by atoms with E-state index in [1.165, 1.54) is 0 Å². The Balaban J connectivity index is 1.79. The molecule has 0 saturated carbocycles. The molecule has 0 spiro atoms. The summed E-state index contributed by atoms with van der Waals surface area (Å²) in [5, 5.41) is 3.86. The van der Waals surface area contributed by atoms with Crippen molar-refractivity contribution >= 4 is 23.4 Å². The van der Waals surface area contributed by atoms with E-state index in [-0.39, 0.29) is 30.4 Å². The van der Waals surface area contributed by atoms with E-state index < -0.39 is 0 Å². The summed E-state index contributed by atoms with van der Waals surface area (Å²) >= 11 is 6.16. The molecule has 150 valence electrons. The molecule has 27 heavy (non-hydrogen) atoms. The van der Waals surface area contributed by atoms with Crippen LogP contribution >= 0.6 is 11.6 Å². The molecule has 0 atom stereocenters. The first kappa shape index (κ1) is 21.5. The Morgan fingerprint density at radius 2 is 1.74 bits per heavy atom. The van der Waals surface area contributed by atoms with Gasteiger partial charge >= 0.3 is 0 Å². The lowest BCUT2D eigenvalue weighted by molar-refractivity contribution is -0.134. The lowest BCUT2D eigenvalue weighted by Crippen LogP contribution is -2.48. The van der Waals surface area contributed by atoms with Gasteiger partial charge in [-0.1, -0.05) is 25.4 Å². The van der Waals surface area contributed by atoms with Gasteiger partial charge in [-0.2, -0.15) is 0 Å². The summed E-state index contributed by atoms with van der Waals surface area (Å²) in [4.78, 5) is 26.4. The number of carbonyl (C=O) groups is 2. The maximum Gasteiger partial charge on any atom is 0.260 e. The molecular formula is C21H31ClN2O3. The Hall–Kier alpha value is -1.75. The van der Waals surface area contributed by atoms with Gasteiger partial charge in [0.05, 0.1) is 0 Å². The molecule has 0 radical (unpaired) electrons. The first-order valence-electron chi connectivity index (χ1n) is 9.83. The van der Waals surface area contributed by atoms with Crippen LogP contribution in [0.25, 0.3) is 0 Å². The van der Waals surface area contributed by atoms with E-state index >= 15 is 0 Å². The van der Waals surface area contributed by atoms with Gasteiger partial charge in [-0.05, 0) is 62.8 Å². The summed E-state index contributed by atoms with van der Waals surface area (Å²) in [6.45, 7) is 9.24. The lowest BCUT2D eigenvalue weighted by atomic mass is 10.00. The van der Waals surface area contributed by atoms with Crippen molar-refractivity contribution in [3.8, 4) is 5.75 Å². The number of hydrogen-bond donors (Lipinski definition) is 1. The Morgan fingerprint density at radius 3 is 2.26 bits per heavy atom. The summed E-state index contributed by atoms with van der Waals surface area (Å²) in [7, 11) is 0. The number of amides is 2. The van der Waals surface area contributed by atoms with E-state index in [9.17, 15) is 9.59 Å². The van der Waals surface area contributed by atoms with Crippen molar-refractivity contribution in [3.63, 3.8) is 0 Å². The van der Waals surface area contributed by atoms with Crippen LogP contribution in [0.2, 0.25) is 5.02 Å². The molecule has 2 rings (SSSR count). The molecule has 0 bridgehead atoms. The predicted octanol–water partition coefficient (Wildman–Crippen LogP) is 3.88. The first-order valence-corrected chi connectivity index (χ1v) is 10.2. The highest BCUT2D eigenvalue weighted by molar-refractivity contribution is 6.32. The number of carbonyl (C=O) groups excluding carboxylic acids is 2. The number of rotatable bonds is 7. The first-order chi connectivity index (χ1) is 12.8. The third-order valence-corrected chi connectivity index (χ3v) is 5.92. The van der Waals surface area contributed by atoms with E-state index in [1.54, 1.807) is 0 Å². The molecule has 1 aromatic carbocycles. The number of likely N-dealkylation sites (tertiary alicyclic amines) is 1. The molecule has 1 aliphatic rings. The number of hydrogen-bond acceptors (Lipinski definition) is 3. The fourth-order valence-corrected chi connectivity index (χ4v) is 3.59. The van der Waals surface area contributed by atoms with Gasteiger partial charge in [-0.3, -0.25) is 9.59 Å². The van der Waals surface area contributed by atoms with Gasteiger partial charge < -0.3 is 15.0 Å². The second-order valence-corrected chi connectivity index (χ2v) is 7.71. The number of halogens is 1. The normalized spacial score (nSPS) is 15.1. The summed E-state index contributed by atoms with van der Waals surface area (Å²) in [6.07, 6.45) is 3.30. The van der Waals surface area contributed by atoms with Crippen LogP contribution in [0.1, 0.15) is 50.7 Å². The van der Waals surface area contributed by atoms with Crippen molar-refractivity contribution in [1.82, 2.24) is 10.2 Å². The van der Waals surface area contributed by atoms with Gasteiger partial charge in [0.15, 0.2) is 6.61 Å². The lowest BCUT2D eigenvalue weighted by Gasteiger charge is -2.33. The largest absolute Gasteiger partial charge is 0.484 e. The average Bonchev–Trinajstić information content (AvgIpc) is 2.65. The molecule has 5 nitrogen and oxygen atoms in total. The molecule has 0 unspecified atom stereocenters. The SMILES string of the molecule is CCC(CC)C(=O)NC1CCN(C(=O)COc2cc(C)c(Cl)c(C)c2)CC1. The van der Waals surface area contributed by atoms with Crippen LogP contribution < -0.4 is 10.1 Å². The number of benzene rings is 1. The maximum absolute atomic E-state index is 12.4. The zero-order chi connectivity index (χ0) is 20.0. The van der Waals surface area contributed by atoms with Crippen LogP contribution in [0, 0.1) is 19.8 Å². The molecule has 6 heteroatoms. The van der Waals surface area contributed by atoms with Crippen molar-refractivity contribution < 1.29 is 14.3 Å². The number of nitrogens with zero attached hydrogens (tertiary/aromatic N) is 1. The van der Waals surface area contributed by atoms with Crippen molar-refractivity contribution in [1.29, 1.82) is 0 Å². The fraction of sp³-hybridized carbons (Fsp3) is 0.619. The summed E-state index contributed by atoms with van der Waals surface area (Å²) in [6, 6.07) is 3.86. The molecular weight excluding hydrogens is 364 g/mol. The highest BCUT2D eigenvalue weighted by Gasteiger charge is 2.25. The fourth-order valence-electron chi connectivity index (χ4n) is 3.48. The Kier molecular flexibility index (Phi) is 7.96. The van der Waals surface area contributed by atoms with Crippen LogP contribution in [0.3, 0.4) is 0 Å². The van der Waals surface area contributed by atoms with Gasteiger partial charge in [0.2, 0.25) is 5.91 Å². The number of piperidine rings is 1. The number of aryl methyl sites for hydroxylation is 2. The molecule has 2 amide bonds. The monoisotopic (exact) mass is 394 g/mol. The van der Waals surface area contributed by atoms with Crippen LogP contribution in [0.4, 0.5) is 0 Å². The van der Waals surface area contributed by atoms with Crippen molar-refractivity contribution in [2.45, 2.75) is 59.4 Å². The van der Waals surface area contributed by atoms with Gasteiger partial charge in [-0.25, -0.2) is 0 Å². The van der Waals surface area contributed by atoms with Gasteiger partial charge in [-0.15, -0.1) is 0 Å². The summed E-state index contributed by atoms with van der Waals surface area (Å²) in [5.41, 5.74) is 1.88. The predicted molar refractivity (Wildman–Crippen MR) is 108 cm³/mol. The number of ether oxygens (including phenoxy) is 1. The van der Waals surface area contributed by atoms with Crippen LogP contribution in [0.5, 0.6) is 5.75 Å². The van der Waals surface area contributed by atoms with Crippen LogP contribution in [-0.4, -0.2) is 42.5 Å².